The Labute approximate surface area is 73.9 Å². The van der Waals surface area contributed by atoms with Gasteiger partial charge in [-0.1, -0.05) is 12.8 Å². The van der Waals surface area contributed by atoms with Crippen molar-refractivity contribution in [1.82, 2.24) is 10.6 Å². The molecule has 0 bridgehead atoms. The van der Waals surface area contributed by atoms with Gasteiger partial charge in [-0.15, -0.1) is 5.92 Å². The van der Waals surface area contributed by atoms with Gasteiger partial charge in [0.2, 0.25) is 5.91 Å². The van der Waals surface area contributed by atoms with E-state index in [4.69, 9.17) is 0 Å². The molecule has 0 aromatic rings. The summed E-state index contributed by atoms with van der Waals surface area (Å²) >= 11 is 0. The van der Waals surface area contributed by atoms with E-state index in [0.29, 0.717) is 13.0 Å². The van der Waals surface area contributed by atoms with Crippen molar-refractivity contribution in [3.8, 4) is 11.8 Å². The van der Waals surface area contributed by atoms with Gasteiger partial charge in [0.05, 0.1) is 6.54 Å². The lowest BCUT2D eigenvalue weighted by molar-refractivity contribution is -0.120. The second kappa shape index (κ2) is 8.09. The summed E-state index contributed by atoms with van der Waals surface area (Å²) in [5.41, 5.74) is 0. The molecule has 0 spiro atoms. The van der Waals surface area contributed by atoms with E-state index >= 15 is 0 Å². The Morgan fingerprint density at radius 1 is 1.50 bits per heavy atom. The molecule has 0 aromatic carbocycles. The minimum Gasteiger partial charge on any atom is -0.345 e. The molecule has 0 aromatic heterocycles. The molecule has 0 unspecified atom stereocenters. The lowest BCUT2D eigenvalue weighted by atomic mass is 10.4. The molecule has 3 nitrogen and oxygen atoms in total. The molecule has 12 heavy (non-hydrogen) atoms. The van der Waals surface area contributed by atoms with Crippen LogP contribution in [-0.2, 0) is 4.79 Å². The van der Waals surface area contributed by atoms with Crippen LogP contribution in [0, 0.1) is 11.8 Å². The average Bonchev–Trinajstić information content (AvgIpc) is 2.06. The van der Waals surface area contributed by atoms with Crippen LogP contribution < -0.4 is 10.6 Å². The van der Waals surface area contributed by atoms with Gasteiger partial charge in [-0.2, -0.15) is 0 Å². The van der Waals surface area contributed by atoms with Crippen molar-refractivity contribution in [3.05, 3.63) is 0 Å². The summed E-state index contributed by atoms with van der Waals surface area (Å²) in [6, 6.07) is 0. The SMILES string of the molecule is CC#CCNC(=O)CCNCC. The summed E-state index contributed by atoms with van der Waals surface area (Å²) in [6.07, 6.45) is 0.527. The summed E-state index contributed by atoms with van der Waals surface area (Å²) in [5, 5.41) is 5.76. The maximum atomic E-state index is 11.0. The second-order valence-electron chi connectivity index (χ2n) is 2.31. The Hall–Kier alpha value is -1.01. The zero-order valence-electron chi connectivity index (χ0n) is 7.74. The fraction of sp³-hybridized carbons (Fsp3) is 0.667. The Balaban J connectivity index is 3.25. The molecule has 0 rings (SSSR count). The summed E-state index contributed by atoms with van der Waals surface area (Å²) in [4.78, 5) is 11.0. The Kier molecular flexibility index (Phi) is 7.41. The van der Waals surface area contributed by atoms with Crippen LogP contribution in [0.2, 0.25) is 0 Å². The molecule has 0 fully saturated rings. The summed E-state index contributed by atoms with van der Waals surface area (Å²) < 4.78 is 0. The zero-order valence-corrected chi connectivity index (χ0v) is 7.74. The van der Waals surface area contributed by atoms with Gasteiger partial charge in [0, 0.05) is 13.0 Å². The number of carbonyl (C=O) groups excluding carboxylic acids is 1. The predicted octanol–water partition coefficient (Wildman–Crippen LogP) is 0.125. The van der Waals surface area contributed by atoms with Crippen LogP contribution in [0.15, 0.2) is 0 Å². The number of hydrogen-bond acceptors (Lipinski definition) is 2. The molecule has 1 amide bonds. The minimum absolute atomic E-state index is 0.0544. The first-order valence-corrected chi connectivity index (χ1v) is 4.18. The number of amides is 1. The van der Waals surface area contributed by atoms with E-state index in [1.54, 1.807) is 6.92 Å². The van der Waals surface area contributed by atoms with Crippen molar-refractivity contribution < 1.29 is 4.79 Å². The number of carbonyl (C=O) groups is 1. The van der Waals surface area contributed by atoms with E-state index in [0.717, 1.165) is 13.1 Å². The Morgan fingerprint density at radius 2 is 2.25 bits per heavy atom. The first kappa shape index (κ1) is 11.0. The molecule has 68 valence electrons. The summed E-state index contributed by atoms with van der Waals surface area (Å²) in [7, 11) is 0. The van der Waals surface area contributed by atoms with Crippen molar-refractivity contribution in [2.45, 2.75) is 20.3 Å². The van der Waals surface area contributed by atoms with Gasteiger partial charge in [-0.05, 0) is 13.5 Å². The van der Waals surface area contributed by atoms with Gasteiger partial charge in [-0.25, -0.2) is 0 Å². The molecule has 0 aliphatic rings. The first-order valence-electron chi connectivity index (χ1n) is 4.18. The maximum absolute atomic E-state index is 11.0. The molecule has 0 aliphatic heterocycles. The topological polar surface area (TPSA) is 41.1 Å². The molecule has 0 saturated heterocycles. The van der Waals surface area contributed by atoms with E-state index in [2.05, 4.69) is 22.5 Å². The van der Waals surface area contributed by atoms with Gasteiger partial charge in [-0.3, -0.25) is 4.79 Å². The molecule has 0 radical (unpaired) electrons. The van der Waals surface area contributed by atoms with Crippen molar-refractivity contribution >= 4 is 5.91 Å². The lowest BCUT2D eigenvalue weighted by Crippen LogP contribution is -2.27. The molecular formula is C9H16N2O. The van der Waals surface area contributed by atoms with Gasteiger partial charge in [0.15, 0.2) is 0 Å². The second-order valence-corrected chi connectivity index (χ2v) is 2.31. The third kappa shape index (κ3) is 7.10. The fourth-order valence-electron chi connectivity index (χ4n) is 0.698. The van der Waals surface area contributed by atoms with E-state index in [1.165, 1.54) is 0 Å². The van der Waals surface area contributed by atoms with E-state index in [-0.39, 0.29) is 5.91 Å². The number of nitrogens with one attached hydrogen (secondary N) is 2. The fourth-order valence-corrected chi connectivity index (χ4v) is 0.698. The highest BCUT2D eigenvalue weighted by atomic mass is 16.1. The number of rotatable bonds is 5. The molecule has 2 N–H and O–H groups in total. The van der Waals surface area contributed by atoms with E-state index in [9.17, 15) is 4.79 Å². The molecule has 0 saturated carbocycles. The Morgan fingerprint density at radius 3 is 2.83 bits per heavy atom. The predicted molar refractivity (Wildman–Crippen MR) is 49.6 cm³/mol. The molecule has 0 atom stereocenters. The monoisotopic (exact) mass is 168 g/mol. The highest BCUT2D eigenvalue weighted by molar-refractivity contribution is 5.76. The van der Waals surface area contributed by atoms with Gasteiger partial charge < -0.3 is 10.6 Å². The molecule has 3 heteroatoms. The normalized spacial score (nSPS) is 8.50. The van der Waals surface area contributed by atoms with Crippen molar-refractivity contribution in [3.63, 3.8) is 0 Å². The standard InChI is InChI=1S/C9H16N2O/c1-3-5-7-11-9(12)6-8-10-4-2/h10H,4,6-8H2,1-2H3,(H,11,12). The lowest BCUT2D eigenvalue weighted by Gasteiger charge is -2.01. The maximum Gasteiger partial charge on any atom is 0.222 e. The van der Waals surface area contributed by atoms with E-state index in [1.807, 2.05) is 6.92 Å². The highest BCUT2D eigenvalue weighted by Gasteiger charge is 1.96. The van der Waals surface area contributed by atoms with Gasteiger partial charge >= 0.3 is 0 Å². The summed E-state index contributed by atoms with van der Waals surface area (Å²) in [5.74, 6) is 5.53. The zero-order chi connectivity index (χ0) is 9.23. The molecule has 0 heterocycles. The van der Waals surface area contributed by atoms with Crippen LogP contribution in [0.4, 0.5) is 0 Å². The smallest absolute Gasteiger partial charge is 0.222 e. The average molecular weight is 168 g/mol. The quantitative estimate of drug-likeness (QED) is 0.452. The van der Waals surface area contributed by atoms with E-state index < -0.39 is 0 Å². The van der Waals surface area contributed by atoms with Crippen LogP contribution in [-0.4, -0.2) is 25.5 Å². The third-order valence-electron chi connectivity index (χ3n) is 1.33. The highest BCUT2D eigenvalue weighted by Crippen LogP contribution is 1.75. The molecule has 0 aliphatic carbocycles. The van der Waals surface area contributed by atoms with Gasteiger partial charge in [0.1, 0.15) is 0 Å². The van der Waals surface area contributed by atoms with Gasteiger partial charge in [0.25, 0.3) is 0 Å². The van der Waals surface area contributed by atoms with Crippen molar-refractivity contribution in [2.24, 2.45) is 0 Å². The van der Waals surface area contributed by atoms with Crippen LogP contribution in [0.25, 0.3) is 0 Å². The number of hydrogen-bond donors (Lipinski definition) is 2. The molecular weight excluding hydrogens is 152 g/mol. The van der Waals surface area contributed by atoms with Crippen LogP contribution in [0.1, 0.15) is 20.3 Å². The largest absolute Gasteiger partial charge is 0.345 e. The van der Waals surface area contributed by atoms with Crippen molar-refractivity contribution in [2.75, 3.05) is 19.6 Å². The van der Waals surface area contributed by atoms with Crippen molar-refractivity contribution in [1.29, 1.82) is 0 Å². The Bertz CT molecular complexity index is 179. The minimum atomic E-state index is 0.0544. The van der Waals surface area contributed by atoms with Crippen LogP contribution >= 0.6 is 0 Å². The van der Waals surface area contributed by atoms with Crippen LogP contribution in [0.5, 0.6) is 0 Å². The third-order valence-corrected chi connectivity index (χ3v) is 1.33. The first-order chi connectivity index (χ1) is 5.81. The summed E-state index contributed by atoms with van der Waals surface area (Å²) in [6.45, 7) is 5.87. The van der Waals surface area contributed by atoms with Crippen LogP contribution in [0.3, 0.4) is 0 Å².